The summed E-state index contributed by atoms with van der Waals surface area (Å²) in [7, 11) is -3.37. The Kier molecular flexibility index (Phi) is 3.71. The van der Waals surface area contributed by atoms with Crippen molar-refractivity contribution in [1.82, 2.24) is 4.72 Å². The van der Waals surface area contributed by atoms with E-state index >= 15 is 0 Å². The van der Waals surface area contributed by atoms with E-state index in [1.807, 2.05) is 19.1 Å². The summed E-state index contributed by atoms with van der Waals surface area (Å²) in [5.41, 5.74) is 0.435. The fourth-order valence-electron chi connectivity index (χ4n) is 2.57. The first-order valence-corrected chi connectivity index (χ1v) is 8.94. The van der Waals surface area contributed by atoms with Crippen molar-refractivity contribution in [2.24, 2.45) is 0 Å². The maximum Gasteiger partial charge on any atom is 0.240 e. The fraction of sp³-hybridized carbons (Fsp3) is 0.600. The van der Waals surface area contributed by atoms with Crippen molar-refractivity contribution >= 4 is 15.7 Å². The van der Waals surface area contributed by atoms with Crippen LogP contribution in [0.2, 0.25) is 0 Å². The van der Waals surface area contributed by atoms with Gasteiger partial charge in [-0.3, -0.25) is 0 Å². The second kappa shape index (κ2) is 5.26. The number of nitrogens with zero attached hydrogens (tertiary/aromatic N) is 1. The molecule has 5 nitrogen and oxygen atoms in total. The van der Waals surface area contributed by atoms with E-state index in [1.165, 1.54) is 0 Å². The second-order valence-electron chi connectivity index (χ2n) is 6.37. The number of benzene rings is 1. The third kappa shape index (κ3) is 3.56. The van der Waals surface area contributed by atoms with Crippen LogP contribution in [0.1, 0.15) is 32.6 Å². The van der Waals surface area contributed by atoms with Crippen LogP contribution in [0.3, 0.4) is 0 Å². The van der Waals surface area contributed by atoms with Crippen LogP contribution in [-0.2, 0) is 10.0 Å². The van der Waals surface area contributed by atoms with Crippen LogP contribution in [0.4, 0.5) is 5.69 Å². The lowest BCUT2D eigenvalue weighted by Gasteiger charge is -2.37. The predicted octanol–water partition coefficient (Wildman–Crippen LogP) is 1.48. The van der Waals surface area contributed by atoms with Crippen LogP contribution in [0.25, 0.3) is 0 Å². The molecule has 6 heteroatoms. The Labute approximate surface area is 126 Å². The lowest BCUT2D eigenvalue weighted by atomic mass is 9.93. The fourth-order valence-corrected chi connectivity index (χ4v) is 3.88. The first-order valence-electron chi connectivity index (χ1n) is 7.45. The minimum Gasteiger partial charge on any atom is -0.390 e. The lowest BCUT2D eigenvalue weighted by Crippen LogP contribution is -2.42. The van der Waals surface area contributed by atoms with E-state index in [0.29, 0.717) is 4.90 Å². The van der Waals surface area contributed by atoms with Crippen LogP contribution < -0.4 is 9.62 Å². The second-order valence-corrected chi connectivity index (χ2v) is 8.09. The third-order valence-electron chi connectivity index (χ3n) is 4.25. The summed E-state index contributed by atoms with van der Waals surface area (Å²) in [5.74, 6) is 0. The van der Waals surface area contributed by atoms with E-state index < -0.39 is 15.6 Å². The summed E-state index contributed by atoms with van der Waals surface area (Å²) in [4.78, 5) is 2.50. The summed E-state index contributed by atoms with van der Waals surface area (Å²) in [6.45, 7) is 3.45. The average molecular weight is 310 g/mol. The molecular weight excluding hydrogens is 288 g/mol. The van der Waals surface area contributed by atoms with Crippen LogP contribution >= 0.6 is 0 Å². The molecule has 1 aliphatic carbocycles. The zero-order chi connectivity index (χ0) is 15.1. The van der Waals surface area contributed by atoms with Crippen LogP contribution in [0.5, 0.6) is 0 Å². The molecule has 2 N–H and O–H groups in total. The van der Waals surface area contributed by atoms with Gasteiger partial charge in [-0.05, 0) is 56.9 Å². The molecule has 0 amide bonds. The zero-order valence-corrected chi connectivity index (χ0v) is 13.1. The van der Waals surface area contributed by atoms with Gasteiger partial charge in [0.05, 0.1) is 10.5 Å². The number of rotatable bonds is 4. The van der Waals surface area contributed by atoms with Gasteiger partial charge in [-0.15, -0.1) is 0 Å². The molecule has 1 aromatic rings. The van der Waals surface area contributed by atoms with Gasteiger partial charge >= 0.3 is 0 Å². The Morgan fingerprint density at radius 3 is 2.29 bits per heavy atom. The Morgan fingerprint density at radius 1 is 1.19 bits per heavy atom. The third-order valence-corrected chi connectivity index (χ3v) is 5.79. The first-order chi connectivity index (χ1) is 9.86. The molecule has 116 valence electrons. The monoisotopic (exact) mass is 310 g/mol. The molecule has 0 spiro atoms. The first kappa shape index (κ1) is 14.8. The van der Waals surface area contributed by atoms with Gasteiger partial charge < -0.3 is 10.0 Å². The molecule has 2 aliphatic rings. The normalized spacial score (nSPS) is 22.3. The van der Waals surface area contributed by atoms with E-state index in [9.17, 15) is 13.5 Å². The molecule has 0 radical (unpaired) electrons. The number of hydrogen-bond acceptors (Lipinski definition) is 4. The summed E-state index contributed by atoms with van der Waals surface area (Å²) >= 11 is 0. The van der Waals surface area contributed by atoms with Gasteiger partial charge in [-0.1, -0.05) is 0 Å². The summed E-state index contributed by atoms with van der Waals surface area (Å²) < 4.78 is 26.9. The number of sulfonamides is 1. The molecule has 3 rings (SSSR count). The molecule has 1 saturated carbocycles. The minimum atomic E-state index is -3.37. The highest BCUT2D eigenvalue weighted by atomic mass is 32.2. The van der Waals surface area contributed by atoms with Crippen molar-refractivity contribution in [3.8, 4) is 0 Å². The van der Waals surface area contributed by atoms with Crippen LogP contribution in [0.15, 0.2) is 29.2 Å². The smallest absolute Gasteiger partial charge is 0.240 e. The molecule has 2 fully saturated rings. The highest BCUT2D eigenvalue weighted by Gasteiger charge is 2.29. The van der Waals surface area contributed by atoms with Crippen LogP contribution in [-0.4, -0.2) is 38.3 Å². The van der Waals surface area contributed by atoms with Gasteiger partial charge in [0.1, 0.15) is 0 Å². The minimum absolute atomic E-state index is 0.124. The van der Waals surface area contributed by atoms with Crippen molar-refractivity contribution < 1.29 is 13.5 Å². The summed E-state index contributed by atoms with van der Waals surface area (Å²) in [6.07, 6.45) is 3.34. The van der Waals surface area contributed by atoms with Gasteiger partial charge in [0.15, 0.2) is 0 Å². The Balaban J connectivity index is 1.69. The molecule has 1 saturated heterocycles. The number of nitrogens with one attached hydrogen (secondary N) is 1. The van der Waals surface area contributed by atoms with Crippen LogP contribution in [0, 0.1) is 0 Å². The van der Waals surface area contributed by atoms with Gasteiger partial charge in [0, 0.05) is 24.8 Å². The predicted molar refractivity (Wildman–Crippen MR) is 81.9 cm³/mol. The maximum absolute atomic E-state index is 12.1. The van der Waals surface area contributed by atoms with Crippen molar-refractivity contribution in [3.63, 3.8) is 0 Å². The largest absolute Gasteiger partial charge is 0.390 e. The molecule has 0 unspecified atom stereocenters. The van der Waals surface area contributed by atoms with E-state index in [1.54, 1.807) is 12.1 Å². The SMILES string of the molecule is CC1(O)CCN(c2ccc(S(=O)(=O)NC3CC3)cc2)CC1. The van der Waals surface area contributed by atoms with E-state index in [-0.39, 0.29) is 6.04 Å². The standard InChI is InChI=1S/C15H22N2O3S/c1-15(18)8-10-17(11-9-15)13-4-6-14(7-5-13)21(19,20)16-12-2-3-12/h4-7,12,16,18H,2-3,8-11H2,1H3. The average Bonchev–Trinajstić information content (AvgIpc) is 3.22. The van der Waals surface area contributed by atoms with Gasteiger partial charge in [-0.2, -0.15) is 0 Å². The molecule has 0 aromatic heterocycles. The Morgan fingerprint density at radius 2 is 1.76 bits per heavy atom. The zero-order valence-electron chi connectivity index (χ0n) is 12.2. The van der Waals surface area contributed by atoms with E-state index in [2.05, 4.69) is 9.62 Å². The molecule has 0 bridgehead atoms. The van der Waals surface area contributed by atoms with E-state index in [4.69, 9.17) is 0 Å². The summed E-state index contributed by atoms with van der Waals surface area (Å²) in [5, 5.41) is 9.97. The Bertz CT molecular complexity index is 596. The van der Waals surface area contributed by atoms with Crippen molar-refractivity contribution in [1.29, 1.82) is 0 Å². The van der Waals surface area contributed by atoms with E-state index in [0.717, 1.165) is 44.5 Å². The number of aliphatic hydroxyl groups is 1. The number of anilines is 1. The molecular formula is C15H22N2O3S. The molecule has 1 heterocycles. The highest BCUT2D eigenvalue weighted by molar-refractivity contribution is 7.89. The van der Waals surface area contributed by atoms with Gasteiger partial charge in [0.2, 0.25) is 10.0 Å². The van der Waals surface area contributed by atoms with Crippen molar-refractivity contribution in [2.75, 3.05) is 18.0 Å². The number of piperidine rings is 1. The molecule has 1 aromatic carbocycles. The maximum atomic E-state index is 12.1. The molecule has 1 aliphatic heterocycles. The Hall–Kier alpha value is -1.11. The topological polar surface area (TPSA) is 69.6 Å². The molecule has 0 atom stereocenters. The van der Waals surface area contributed by atoms with Gasteiger partial charge in [0.25, 0.3) is 0 Å². The molecule has 21 heavy (non-hydrogen) atoms. The quantitative estimate of drug-likeness (QED) is 0.884. The highest BCUT2D eigenvalue weighted by Crippen LogP contribution is 2.27. The lowest BCUT2D eigenvalue weighted by molar-refractivity contribution is 0.0351. The number of hydrogen-bond donors (Lipinski definition) is 2. The summed E-state index contributed by atoms with van der Waals surface area (Å²) in [6, 6.07) is 7.14. The van der Waals surface area contributed by atoms with Crippen molar-refractivity contribution in [3.05, 3.63) is 24.3 Å². The van der Waals surface area contributed by atoms with Gasteiger partial charge in [-0.25, -0.2) is 13.1 Å². The van der Waals surface area contributed by atoms with Crippen molar-refractivity contribution in [2.45, 2.75) is 49.1 Å².